The SMILES string of the molecule is CCN1CCOC(CN(C)CC2CC(Cl)C2)C1. The van der Waals surface area contributed by atoms with Crippen molar-refractivity contribution in [3.8, 4) is 0 Å². The minimum atomic E-state index is 0.389. The van der Waals surface area contributed by atoms with Crippen molar-refractivity contribution < 1.29 is 4.74 Å². The van der Waals surface area contributed by atoms with Gasteiger partial charge in [0.15, 0.2) is 0 Å². The van der Waals surface area contributed by atoms with Gasteiger partial charge in [-0.2, -0.15) is 0 Å². The first kappa shape index (κ1) is 13.6. The van der Waals surface area contributed by atoms with Crippen LogP contribution in [0.5, 0.6) is 0 Å². The van der Waals surface area contributed by atoms with Crippen molar-refractivity contribution in [3.63, 3.8) is 0 Å². The second-order valence-electron chi connectivity index (χ2n) is 5.54. The Morgan fingerprint density at radius 2 is 2.12 bits per heavy atom. The maximum absolute atomic E-state index is 6.01. The van der Waals surface area contributed by atoms with Gasteiger partial charge in [-0.1, -0.05) is 6.92 Å². The van der Waals surface area contributed by atoms with E-state index >= 15 is 0 Å². The third-order valence-electron chi connectivity index (χ3n) is 3.93. The highest BCUT2D eigenvalue weighted by atomic mass is 35.5. The molecule has 17 heavy (non-hydrogen) atoms. The molecule has 0 aromatic rings. The second-order valence-corrected chi connectivity index (χ2v) is 6.16. The van der Waals surface area contributed by atoms with Gasteiger partial charge < -0.3 is 9.64 Å². The molecule has 0 bridgehead atoms. The zero-order valence-corrected chi connectivity index (χ0v) is 11.8. The minimum Gasteiger partial charge on any atom is -0.374 e. The molecule has 1 aliphatic heterocycles. The van der Waals surface area contributed by atoms with Crippen LogP contribution >= 0.6 is 11.6 Å². The van der Waals surface area contributed by atoms with E-state index in [-0.39, 0.29) is 0 Å². The summed E-state index contributed by atoms with van der Waals surface area (Å²) < 4.78 is 5.83. The van der Waals surface area contributed by atoms with Crippen molar-refractivity contribution in [2.75, 3.05) is 46.4 Å². The van der Waals surface area contributed by atoms with Crippen LogP contribution in [0.25, 0.3) is 0 Å². The highest BCUT2D eigenvalue weighted by molar-refractivity contribution is 6.21. The lowest BCUT2D eigenvalue weighted by Gasteiger charge is -2.37. The van der Waals surface area contributed by atoms with Gasteiger partial charge in [-0.05, 0) is 32.4 Å². The number of hydrogen-bond acceptors (Lipinski definition) is 3. The van der Waals surface area contributed by atoms with E-state index in [9.17, 15) is 0 Å². The van der Waals surface area contributed by atoms with Crippen LogP contribution in [0.15, 0.2) is 0 Å². The van der Waals surface area contributed by atoms with Crippen LogP contribution < -0.4 is 0 Å². The van der Waals surface area contributed by atoms with Gasteiger partial charge in [-0.15, -0.1) is 11.6 Å². The Morgan fingerprint density at radius 1 is 1.35 bits per heavy atom. The molecular formula is C13H25ClN2O. The molecule has 0 spiro atoms. The van der Waals surface area contributed by atoms with Gasteiger partial charge >= 0.3 is 0 Å². The van der Waals surface area contributed by atoms with Gasteiger partial charge in [-0.3, -0.25) is 4.90 Å². The Labute approximate surface area is 110 Å². The molecule has 1 unspecified atom stereocenters. The first-order valence-corrected chi connectivity index (χ1v) is 7.27. The zero-order chi connectivity index (χ0) is 12.3. The van der Waals surface area contributed by atoms with Gasteiger partial charge in [-0.25, -0.2) is 0 Å². The van der Waals surface area contributed by atoms with E-state index < -0.39 is 0 Å². The molecule has 3 nitrogen and oxygen atoms in total. The summed E-state index contributed by atoms with van der Waals surface area (Å²) in [6, 6.07) is 0. The van der Waals surface area contributed by atoms with Gasteiger partial charge in [0.1, 0.15) is 0 Å². The number of alkyl halides is 1. The van der Waals surface area contributed by atoms with Gasteiger partial charge in [0.2, 0.25) is 0 Å². The van der Waals surface area contributed by atoms with Crippen LogP contribution in [0.3, 0.4) is 0 Å². The van der Waals surface area contributed by atoms with Crippen LogP contribution in [0.1, 0.15) is 19.8 Å². The van der Waals surface area contributed by atoms with Crippen LogP contribution in [0.2, 0.25) is 0 Å². The monoisotopic (exact) mass is 260 g/mol. The summed E-state index contributed by atoms with van der Waals surface area (Å²) >= 11 is 6.01. The van der Waals surface area contributed by atoms with Crippen molar-refractivity contribution in [2.45, 2.75) is 31.2 Å². The maximum Gasteiger partial charge on any atom is 0.0829 e. The van der Waals surface area contributed by atoms with Crippen LogP contribution in [0.4, 0.5) is 0 Å². The lowest BCUT2D eigenvalue weighted by atomic mass is 9.84. The molecule has 100 valence electrons. The van der Waals surface area contributed by atoms with Crippen molar-refractivity contribution in [2.24, 2.45) is 5.92 Å². The fraction of sp³-hybridized carbons (Fsp3) is 1.00. The fourth-order valence-corrected chi connectivity index (χ4v) is 3.35. The first-order chi connectivity index (χ1) is 8.17. The average Bonchev–Trinajstić information content (AvgIpc) is 2.27. The predicted molar refractivity (Wildman–Crippen MR) is 71.7 cm³/mol. The molecule has 1 saturated heterocycles. The Balaban J connectivity index is 1.65. The third-order valence-corrected chi connectivity index (χ3v) is 4.29. The molecule has 1 aliphatic carbocycles. The Hall–Kier alpha value is 0.170. The molecule has 1 saturated carbocycles. The summed E-state index contributed by atoms with van der Waals surface area (Å²) in [6.45, 7) is 8.66. The highest BCUT2D eigenvalue weighted by Crippen LogP contribution is 2.32. The van der Waals surface area contributed by atoms with Crippen molar-refractivity contribution in [3.05, 3.63) is 0 Å². The molecule has 1 atom stereocenters. The van der Waals surface area contributed by atoms with Crippen molar-refractivity contribution in [1.29, 1.82) is 0 Å². The molecule has 0 aromatic carbocycles. The topological polar surface area (TPSA) is 15.7 Å². The van der Waals surface area contributed by atoms with Gasteiger partial charge in [0.05, 0.1) is 12.7 Å². The van der Waals surface area contributed by atoms with Crippen molar-refractivity contribution in [1.82, 2.24) is 9.80 Å². The predicted octanol–water partition coefficient (Wildman–Crippen LogP) is 1.66. The van der Waals surface area contributed by atoms with Crippen molar-refractivity contribution >= 4 is 11.6 Å². The van der Waals surface area contributed by atoms with Crippen LogP contribution in [0, 0.1) is 5.92 Å². The van der Waals surface area contributed by atoms with Crippen LogP contribution in [-0.2, 0) is 4.74 Å². The normalized spacial score (nSPS) is 34.9. The smallest absolute Gasteiger partial charge is 0.0829 e. The number of halogens is 1. The lowest BCUT2D eigenvalue weighted by Crippen LogP contribution is -2.48. The molecule has 4 heteroatoms. The third kappa shape index (κ3) is 4.09. The summed E-state index contributed by atoms with van der Waals surface area (Å²) in [5, 5.41) is 0.440. The molecule has 0 aromatic heterocycles. The molecule has 2 fully saturated rings. The number of morpholine rings is 1. The molecule has 0 radical (unpaired) electrons. The van der Waals surface area contributed by atoms with E-state index in [4.69, 9.17) is 16.3 Å². The summed E-state index contributed by atoms with van der Waals surface area (Å²) in [5.41, 5.74) is 0. The van der Waals surface area contributed by atoms with E-state index in [0.29, 0.717) is 11.5 Å². The molecule has 1 heterocycles. The first-order valence-electron chi connectivity index (χ1n) is 6.84. The molecule has 2 aliphatic rings. The van der Waals surface area contributed by atoms with Gasteiger partial charge in [0.25, 0.3) is 0 Å². The summed E-state index contributed by atoms with van der Waals surface area (Å²) in [4.78, 5) is 4.89. The maximum atomic E-state index is 6.01. The number of likely N-dealkylation sites (N-methyl/N-ethyl adjacent to an activating group) is 2. The Kier molecular flexibility index (Phi) is 5.10. The van der Waals surface area contributed by atoms with E-state index in [1.54, 1.807) is 0 Å². The zero-order valence-electron chi connectivity index (χ0n) is 11.1. The number of ether oxygens (including phenoxy) is 1. The van der Waals surface area contributed by atoms with E-state index in [2.05, 4.69) is 23.8 Å². The summed E-state index contributed by atoms with van der Waals surface area (Å²) in [7, 11) is 2.20. The quantitative estimate of drug-likeness (QED) is 0.700. The highest BCUT2D eigenvalue weighted by Gasteiger charge is 2.29. The van der Waals surface area contributed by atoms with E-state index in [0.717, 1.165) is 38.7 Å². The fourth-order valence-electron chi connectivity index (χ4n) is 2.84. The Bertz CT molecular complexity index is 233. The minimum absolute atomic E-state index is 0.389. The standard InChI is InChI=1S/C13H25ClN2O/c1-3-16-4-5-17-13(10-16)9-15(2)8-11-6-12(14)7-11/h11-13H,3-10H2,1-2H3. The number of rotatable bonds is 5. The van der Waals surface area contributed by atoms with E-state index in [1.165, 1.54) is 19.4 Å². The molecule has 0 amide bonds. The van der Waals surface area contributed by atoms with Gasteiger partial charge in [0, 0.05) is 31.6 Å². The van der Waals surface area contributed by atoms with Crippen LogP contribution in [-0.4, -0.2) is 67.7 Å². The largest absolute Gasteiger partial charge is 0.374 e. The number of nitrogens with zero attached hydrogens (tertiary/aromatic N) is 2. The number of hydrogen-bond donors (Lipinski definition) is 0. The lowest BCUT2D eigenvalue weighted by molar-refractivity contribution is -0.0411. The second kappa shape index (κ2) is 6.37. The average molecular weight is 261 g/mol. The summed E-state index contributed by atoms with van der Waals surface area (Å²) in [6.07, 6.45) is 2.78. The molecule has 0 N–H and O–H groups in total. The Morgan fingerprint density at radius 3 is 2.76 bits per heavy atom. The van der Waals surface area contributed by atoms with E-state index in [1.807, 2.05) is 0 Å². The molecule has 2 rings (SSSR count). The summed E-state index contributed by atoms with van der Waals surface area (Å²) in [5.74, 6) is 0.813. The molecular weight excluding hydrogens is 236 g/mol.